The Balaban J connectivity index is 1.69. The normalized spacial score (nSPS) is 45.5. The van der Waals surface area contributed by atoms with Crippen molar-refractivity contribution in [3.8, 4) is 0 Å². The Bertz CT molecular complexity index is 408. The molecule has 0 aromatic carbocycles. The molecule has 0 spiro atoms. The Labute approximate surface area is 124 Å². The molecular weight excluding hydrogens is 244 g/mol. The molecule has 5 atom stereocenters. The van der Waals surface area contributed by atoms with Gasteiger partial charge in [-0.25, -0.2) is 0 Å². The molecule has 0 aromatic rings. The highest BCUT2D eigenvalue weighted by Gasteiger charge is 2.51. The summed E-state index contributed by atoms with van der Waals surface area (Å²) in [5.41, 5.74) is 2.05. The van der Waals surface area contributed by atoms with Crippen LogP contribution >= 0.6 is 0 Å². The Morgan fingerprint density at radius 2 is 2.10 bits per heavy atom. The first kappa shape index (κ1) is 14.4. The van der Waals surface area contributed by atoms with Crippen LogP contribution in [0.2, 0.25) is 0 Å². The Hall–Kier alpha value is -0.560. The summed E-state index contributed by atoms with van der Waals surface area (Å²) in [4.78, 5) is 0. The largest absolute Gasteiger partial charge is 0.393 e. The molecule has 3 rings (SSSR count). The van der Waals surface area contributed by atoms with Gasteiger partial charge >= 0.3 is 0 Å². The van der Waals surface area contributed by atoms with Crippen molar-refractivity contribution in [1.82, 2.24) is 0 Å². The number of aliphatic hydroxyl groups excluding tert-OH is 1. The second-order valence-electron chi connectivity index (χ2n) is 7.88. The van der Waals surface area contributed by atoms with Crippen LogP contribution in [0.25, 0.3) is 0 Å². The average molecular weight is 274 g/mol. The van der Waals surface area contributed by atoms with Gasteiger partial charge in [-0.3, -0.25) is 0 Å². The van der Waals surface area contributed by atoms with E-state index >= 15 is 0 Å². The van der Waals surface area contributed by atoms with E-state index in [1.807, 2.05) is 0 Å². The molecule has 1 N–H and O–H groups in total. The van der Waals surface area contributed by atoms with E-state index < -0.39 is 0 Å². The van der Waals surface area contributed by atoms with Crippen LogP contribution in [0.3, 0.4) is 0 Å². The van der Waals surface area contributed by atoms with Crippen molar-refractivity contribution in [2.75, 3.05) is 0 Å². The number of aliphatic hydroxyl groups is 1. The van der Waals surface area contributed by atoms with Crippen molar-refractivity contribution in [1.29, 1.82) is 0 Å². The van der Waals surface area contributed by atoms with Crippen molar-refractivity contribution >= 4 is 0 Å². The standard InChI is InChI=1S/C19H30O/c1-14-6-5-9-16(20)10-11-19(2,13-14)18-12-17(18)15-7-3-4-8-15/h3,7-8,14,16-18,20H,4-6,9-13H2,1-2H3. The van der Waals surface area contributed by atoms with Gasteiger partial charge < -0.3 is 5.11 Å². The summed E-state index contributed by atoms with van der Waals surface area (Å²) in [6.45, 7) is 4.92. The lowest BCUT2D eigenvalue weighted by molar-refractivity contribution is 0.119. The van der Waals surface area contributed by atoms with Gasteiger partial charge in [-0.2, -0.15) is 0 Å². The molecular formula is C19H30O. The molecule has 3 aliphatic carbocycles. The second-order valence-corrected chi connectivity index (χ2v) is 7.88. The molecule has 0 aromatic heterocycles. The summed E-state index contributed by atoms with van der Waals surface area (Å²) in [5.74, 6) is 2.51. The molecule has 112 valence electrons. The van der Waals surface area contributed by atoms with Gasteiger partial charge in [0.1, 0.15) is 0 Å². The molecule has 1 nitrogen and oxygen atoms in total. The third-order valence-electron chi connectivity index (χ3n) is 6.01. The van der Waals surface area contributed by atoms with Gasteiger partial charge in [0.25, 0.3) is 0 Å². The summed E-state index contributed by atoms with van der Waals surface area (Å²) in [5, 5.41) is 10.1. The lowest BCUT2D eigenvalue weighted by Gasteiger charge is -2.33. The molecule has 0 saturated heterocycles. The van der Waals surface area contributed by atoms with E-state index in [0.717, 1.165) is 37.0 Å². The lowest BCUT2D eigenvalue weighted by Crippen LogP contribution is -2.24. The zero-order valence-electron chi connectivity index (χ0n) is 13.1. The van der Waals surface area contributed by atoms with Crippen molar-refractivity contribution in [2.24, 2.45) is 23.2 Å². The fraction of sp³-hybridized carbons (Fsp3) is 0.789. The van der Waals surface area contributed by atoms with E-state index in [1.165, 1.54) is 32.1 Å². The SMILES string of the molecule is CC1CCCC(O)CCC(C)(C2CC2C2=CCC=C2)C1. The molecule has 0 heterocycles. The molecule has 0 amide bonds. The van der Waals surface area contributed by atoms with Crippen LogP contribution in [0.15, 0.2) is 23.8 Å². The second kappa shape index (κ2) is 5.67. The highest BCUT2D eigenvalue weighted by molar-refractivity contribution is 5.33. The van der Waals surface area contributed by atoms with E-state index in [2.05, 4.69) is 32.1 Å². The van der Waals surface area contributed by atoms with Crippen LogP contribution in [0.1, 0.15) is 65.2 Å². The monoisotopic (exact) mass is 274 g/mol. The van der Waals surface area contributed by atoms with E-state index in [0.29, 0.717) is 5.41 Å². The predicted molar refractivity (Wildman–Crippen MR) is 84.4 cm³/mol. The van der Waals surface area contributed by atoms with E-state index in [-0.39, 0.29) is 6.10 Å². The third-order valence-corrected chi connectivity index (χ3v) is 6.01. The molecule has 2 fully saturated rings. The van der Waals surface area contributed by atoms with Gasteiger partial charge in [0.2, 0.25) is 0 Å². The molecule has 0 aliphatic heterocycles. The fourth-order valence-electron chi connectivity index (χ4n) is 4.76. The third kappa shape index (κ3) is 3.03. The molecule has 1 heteroatoms. The minimum Gasteiger partial charge on any atom is -0.393 e. The number of rotatable bonds is 2. The summed E-state index contributed by atoms with van der Waals surface area (Å²) < 4.78 is 0. The number of hydrogen-bond acceptors (Lipinski definition) is 1. The topological polar surface area (TPSA) is 20.2 Å². The van der Waals surface area contributed by atoms with Gasteiger partial charge in [-0.15, -0.1) is 0 Å². The Morgan fingerprint density at radius 3 is 2.85 bits per heavy atom. The van der Waals surface area contributed by atoms with Crippen LogP contribution in [0.5, 0.6) is 0 Å². The fourth-order valence-corrected chi connectivity index (χ4v) is 4.76. The molecule has 0 radical (unpaired) electrons. The summed E-state index contributed by atoms with van der Waals surface area (Å²) >= 11 is 0. The maximum atomic E-state index is 10.1. The first-order valence-corrected chi connectivity index (χ1v) is 8.63. The first-order chi connectivity index (χ1) is 9.58. The predicted octanol–water partition coefficient (Wildman–Crippen LogP) is 4.87. The molecule has 20 heavy (non-hydrogen) atoms. The highest BCUT2D eigenvalue weighted by Crippen LogP contribution is 2.59. The van der Waals surface area contributed by atoms with Crippen LogP contribution in [0.4, 0.5) is 0 Å². The van der Waals surface area contributed by atoms with Crippen LogP contribution in [0, 0.1) is 23.2 Å². The summed E-state index contributed by atoms with van der Waals surface area (Å²) in [6.07, 6.45) is 16.7. The zero-order valence-corrected chi connectivity index (χ0v) is 13.1. The van der Waals surface area contributed by atoms with E-state index in [4.69, 9.17) is 0 Å². The minimum atomic E-state index is -0.0533. The molecule has 0 bridgehead atoms. The van der Waals surface area contributed by atoms with Gasteiger partial charge in [-0.05, 0) is 67.3 Å². The molecule has 2 saturated carbocycles. The molecule has 5 unspecified atom stereocenters. The first-order valence-electron chi connectivity index (χ1n) is 8.63. The van der Waals surface area contributed by atoms with Crippen molar-refractivity contribution < 1.29 is 5.11 Å². The van der Waals surface area contributed by atoms with Crippen LogP contribution < -0.4 is 0 Å². The van der Waals surface area contributed by atoms with Gasteiger partial charge in [0.05, 0.1) is 6.10 Å². The Morgan fingerprint density at radius 1 is 1.25 bits per heavy atom. The van der Waals surface area contributed by atoms with Crippen molar-refractivity contribution in [3.63, 3.8) is 0 Å². The number of allylic oxidation sites excluding steroid dienone is 4. The minimum absolute atomic E-state index is 0.0533. The van der Waals surface area contributed by atoms with Gasteiger partial charge in [-0.1, -0.05) is 44.9 Å². The van der Waals surface area contributed by atoms with Crippen molar-refractivity contribution in [3.05, 3.63) is 23.8 Å². The van der Waals surface area contributed by atoms with Crippen LogP contribution in [-0.2, 0) is 0 Å². The molecule has 3 aliphatic rings. The zero-order chi connectivity index (χ0) is 14.2. The summed E-state index contributed by atoms with van der Waals surface area (Å²) in [6, 6.07) is 0. The quantitative estimate of drug-likeness (QED) is 0.762. The van der Waals surface area contributed by atoms with Gasteiger partial charge in [0.15, 0.2) is 0 Å². The highest BCUT2D eigenvalue weighted by atomic mass is 16.3. The van der Waals surface area contributed by atoms with Crippen molar-refractivity contribution in [2.45, 2.75) is 71.3 Å². The average Bonchev–Trinajstić information content (AvgIpc) is 3.02. The maximum absolute atomic E-state index is 10.1. The number of hydrogen-bond donors (Lipinski definition) is 1. The lowest BCUT2D eigenvalue weighted by atomic mass is 9.72. The summed E-state index contributed by atoms with van der Waals surface area (Å²) in [7, 11) is 0. The van der Waals surface area contributed by atoms with E-state index in [9.17, 15) is 5.11 Å². The van der Waals surface area contributed by atoms with E-state index in [1.54, 1.807) is 5.57 Å². The van der Waals surface area contributed by atoms with Gasteiger partial charge in [0, 0.05) is 0 Å². The Kier molecular flexibility index (Phi) is 4.08. The maximum Gasteiger partial charge on any atom is 0.0540 e. The smallest absolute Gasteiger partial charge is 0.0540 e. The van der Waals surface area contributed by atoms with Crippen LogP contribution in [-0.4, -0.2) is 11.2 Å².